The molecule has 0 aromatic rings. The summed E-state index contributed by atoms with van der Waals surface area (Å²) in [5, 5.41) is 0. The maximum absolute atomic E-state index is 8.93. The number of nitrogens with two attached hydrogens (primary N) is 2. The molecule has 2 unspecified atom stereocenters. The summed E-state index contributed by atoms with van der Waals surface area (Å²) in [5.41, 5.74) is 8.35. The van der Waals surface area contributed by atoms with Crippen molar-refractivity contribution in [2.75, 3.05) is 0 Å². The van der Waals surface area contributed by atoms with Gasteiger partial charge in [-0.3, -0.25) is 0 Å². The fourth-order valence-corrected chi connectivity index (χ4v) is 0. The van der Waals surface area contributed by atoms with E-state index in [0.717, 1.165) is 0 Å². The molecule has 0 rings (SSSR count). The molecule has 7 nitrogen and oxygen atoms in total. The molecule has 0 aliphatic rings. The minimum Gasteiger partial charge on any atom is -0.412 e. The van der Waals surface area contributed by atoms with Gasteiger partial charge < -0.3 is 5.48 Å². The molecular formula is H8N2O5P2+2. The van der Waals surface area contributed by atoms with Gasteiger partial charge in [0.25, 0.3) is 0 Å². The van der Waals surface area contributed by atoms with Gasteiger partial charge in [0.2, 0.25) is 0 Å². The van der Waals surface area contributed by atoms with Gasteiger partial charge in [-0.2, -0.15) is 0 Å². The van der Waals surface area contributed by atoms with Crippen LogP contribution in [-0.2, 0) is 9.13 Å². The molecule has 2 atom stereocenters. The molecule has 9 heteroatoms. The van der Waals surface area contributed by atoms with E-state index in [0.29, 0.717) is 0 Å². The van der Waals surface area contributed by atoms with E-state index in [9.17, 15) is 0 Å². The molecule has 0 amide bonds. The van der Waals surface area contributed by atoms with E-state index in [1.54, 1.807) is 0 Å². The highest BCUT2D eigenvalue weighted by molar-refractivity contribution is 7.35. The molecule has 0 aliphatic heterocycles. The fraction of sp³-hybridized carbons (Fsp3) is 0. The lowest BCUT2D eigenvalue weighted by Crippen LogP contribution is -1.68. The van der Waals surface area contributed by atoms with Gasteiger partial charge in [0, 0.05) is 0 Å². The second-order valence-corrected chi connectivity index (χ2v) is 1.82. The van der Waals surface area contributed by atoms with Crippen LogP contribution in [0.2, 0.25) is 0 Å². The van der Waals surface area contributed by atoms with Crippen molar-refractivity contribution in [3.05, 3.63) is 0 Å². The minimum absolute atomic E-state index is 0. The van der Waals surface area contributed by atoms with Crippen LogP contribution in [-0.4, -0.2) is 15.3 Å². The van der Waals surface area contributed by atoms with Gasteiger partial charge in [-0.1, -0.05) is 11.0 Å². The van der Waals surface area contributed by atoms with E-state index < -0.39 is 16.4 Å². The van der Waals surface area contributed by atoms with Crippen LogP contribution in [0.5, 0.6) is 0 Å². The van der Waals surface area contributed by atoms with Crippen molar-refractivity contribution in [3.63, 3.8) is 0 Å². The molecule has 0 bridgehead atoms. The van der Waals surface area contributed by atoms with Gasteiger partial charge in [0.05, 0.1) is 0 Å². The summed E-state index contributed by atoms with van der Waals surface area (Å²) < 4.78 is 17.9. The van der Waals surface area contributed by atoms with E-state index in [1.165, 1.54) is 0 Å². The molecule has 56 valence electrons. The Hall–Kier alpha value is -0.0000000000000000416. The van der Waals surface area contributed by atoms with E-state index in [-0.39, 0.29) is 5.48 Å². The van der Waals surface area contributed by atoms with Gasteiger partial charge in [0.1, 0.15) is 0 Å². The topological polar surface area (TPSA) is 158 Å². The Bertz CT molecular complexity index is 71.0. The monoisotopic (exact) mass is 178 g/mol. The van der Waals surface area contributed by atoms with Crippen molar-refractivity contribution in [2.45, 2.75) is 0 Å². The smallest absolute Gasteiger partial charge is 0.412 e. The van der Waals surface area contributed by atoms with Crippen molar-refractivity contribution >= 4 is 16.4 Å². The standard InChI is InChI=1S/2H2NO2P.H2O/c2*1-4(2)3;/h2*(H2-,1,2,3);1H2/p+2. The third-order valence-corrected chi connectivity index (χ3v) is 0. The molecule has 0 saturated heterocycles. The van der Waals surface area contributed by atoms with E-state index in [4.69, 9.17) is 18.9 Å². The molecule has 8 N–H and O–H groups in total. The predicted molar refractivity (Wildman–Crippen MR) is 31.6 cm³/mol. The first-order chi connectivity index (χ1) is 3.46. The van der Waals surface area contributed by atoms with Crippen molar-refractivity contribution in [1.82, 2.24) is 0 Å². The van der Waals surface area contributed by atoms with Crippen molar-refractivity contribution in [1.29, 1.82) is 0 Å². The van der Waals surface area contributed by atoms with Gasteiger partial charge in [-0.15, -0.1) is 9.79 Å². The zero-order valence-electron chi connectivity index (χ0n) is 4.26. The molecule has 0 aromatic heterocycles. The first-order valence-corrected chi connectivity index (χ1v) is 3.84. The lowest BCUT2D eigenvalue weighted by atomic mass is 13.9. The summed E-state index contributed by atoms with van der Waals surface area (Å²) in [7, 11) is -4.74. The summed E-state index contributed by atoms with van der Waals surface area (Å²) in [6.45, 7) is 0. The lowest BCUT2D eigenvalue weighted by Gasteiger charge is -1.36. The van der Waals surface area contributed by atoms with Crippen LogP contribution < -0.4 is 11.0 Å². The van der Waals surface area contributed by atoms with E-state index >= 15 is 0 Å². The van der Waals surface area contributed by atoms with Crippen LogP contribution >= 0.6 is 16.4 Å². The van der Waals surface area contributed by atoms with Gasteiger partial charge >= 0.3 is 16.4 Å². The normalized spacial score (nSPS) is 9.78. The fourth-order valence-electron chi connectivity index (χ4n) is 0. The Morgan fingerprint density at radius 2 is 1.00 bits per heavy atom. The first kappa shape index (κ1) is 16.0. The molecule has 0 radical (unpaired) electrons. The number of hydrogen-bond donors (Lipinski definition) is 4. The molecule has 0 spiro atoms. The van der Waals surface area contributed by atoms with E-state index in [2.05, 4.69) is 11.0 Å². The maximum Gasteiger partial charge on any atom is 0.607 e. The van der Waals surface area contributed by atoms with E-state index in [1.807, 2.05) is 0 Å². The highest BCUT2D eigenvalue weighted by atomic mass is 31.1. The Morgan fingerprint density at radius 1 is 1.00 bits per heavy atom. The third kappa shape index (κ3) is 166000000000000003647624894524424192. The molecule has 0 saturated carbocycles. The van der Waals surface area contributed by atoms with Crippen molar-refractivity contribution < 1.29 is 24.4 Å². The zero-order valence-corrected chi connectivity index (χ0v) is 6.05. The van der Waals surface area contributed by atoms with Crippen LogP contribution in [0.1, 0.15) is 0 Å². The minimum atomic E-state index is -2.37. The Balaban J connectivity index is -0.0000000720. The van der Waals surface area contributed by atoms with Gasteiger partial charge in [-0.25, -0.2) is 0 Å². The predicted octanol–water partition coefficient (Wildman–Crippen LogP) is -1.64. The molecule has 9 heavy (non-hydrogen) atoms. The van der Waals surface area contributed by atoms with Crippen molar-refractivity contribution in [3.8, 4) is 0 Å². The van der Waals surface area contributed by atoms with Gasteiger partial charge in [-0.05, 0) is 9.13 Å². The van der Waals surface area contributed by atoms with Crippen LogP contribution in [0.15, 0.2) is 0 Å². The number of rotatable bonds is 0. The second kappa shape index (κ2) is 10.9. The van der Waals surface area contributed by atoms with Gasteiger partial charge in [0.15, 0.2) is 0 Å². The average molecular weight is 178 g/mol. The largest absolute Gasteiger partial charge is 0.607 e. The van der Waals surface area contributed by atoms with Crippen LogP contribution in [0.3, 0.4) is 0 Å². The van der Waals surface area contributed by atoms with Crippen LogP contribution in [0, 0.1) is 0 Å². The van der Waals surface area contributed by atoms with Crippen LogP contribution in [0.4, 0.5) is 0 Å². The maximum atomic E-state index is 8.93. The highest BCUT2D eigenvalue weighted by Gasteiger charge is 1.88. The molecule has 0 fully saturated rings. The molecular weight excluding hydrogens is 170 g/mol. The van der Waals surface area contributed by atoms with Crippen molar-refractivity contribution in [2.24, 2.45) is 11.0 Å². The SMILES string of the molecule is N[P+](=O)O.N[P+](=O)O.O. The Morgan fingerprint density at radius 3 is 1.00 bits per heavy atom. The summed E-state index contributed by atoms with van der Waals surface area (Å²) in [6, 6.07) is 0. The number of hydrogen-bond acceptors (Lipinski definition) is 2. The quantitative estimate of drug-likeness (QED) is 0.325. The Kier molecular flexibility index (Phi) is 19.4. The Labute approximate surface area is 52.8 Å². The molecule has 0 aliphatic carbocycles. The third-order valence-electron chi connectivity index (χ3n) is 0. The summed E-state index contributed by atoms with van der Waals surface area (Å²) in [4.78, 5) is 14.7. The summed E-state index contributed by atoms with van der Waals surface area (Å²) in [5.74, 6) is 0. The molecule has 0 aromatic carbocycles. The summed E-state index contributed by atoms with van der Waals surface area (Å²) in [6.07, 6.45) is 0. The molecule has 0 heterocycles. The lowest BCUT2D eigenvalue weighted by molar-refractivity contribution is 0.503. The summed E-state index contributed by atoms with van der Waals surface area (Å²) >= 11 is 0. The first-order valence-electron chi connectivity index (χ1n) is 1.28. The highest BCUT2D eigenvalue weighted by Crippen LogP contribution is 1.91. The second-order valence-electron chi connectivity index (χ2n) is 0.605. The van der Waals surface area contributed by atoms with Crippen LogP contribution in [0.25, 0.3) is 0 Å². The zero-order chi connectivity index (χ0) is 7.15. The average Bonchev–Trinajstić information content (AvgIpc) is 1.25.